The van der Waals surface area contributed by atoms with Gasteiger partial charge in [-0.05, 0) is 61.2 Å². The van der Waals surface area contributed by atoms with Gasteiger partial charge >= 0.3 is 5.97 Å². The molecule has 0 saturated heterocycles. The van der Waals surface area contributed by atoms with Crippen molar-refractivity contribution in [3.05, 3.63) is 94.5 Å². The number of amides is 3. The van der Waals surface area contributed by atoms with E-state index in [4.69, 9.17) is 9.47 Å². The van der Waals surface area contributed by atoms with Gasteiger partial charge in [-0.3, -0.25) is 19.3 Å². The van der Waals surface area contributed by atoms with Crippen LogP contribution >= 0.6 is 0 Å². The van der Waals surface area contributed by atoms with Gasteiger partial charge in [0.25, 0.3) is 17.7 Å². The molecule has 37 heavy (non-hydrogen) atoms. The molecule has 0 aromatic heterocycles. The first kappa shape index (κ1) is 24.2. The summed E-state index contributed by atoms with van der Waals surface area (Å²) in [6.45, 7) is 2.08. The first-order chi connectivity index (χ1) is 17.9. The molecule has 2 heterocycles. The number of imide groups is 1. The average Bonchev–Trinajstić information content (AvgIpc) is 3.17. The fourth-order valence-corrected chi connectivity index (χ4v) is 4.83. The number of esters is 1. The second-order valence-electron chi connectivity index (χ2n) is 9.05. The highest BCUT2D eigenvalue weighted by Gasteiger charge is 2.35. The van der Waals surface area contributed by atoms with Crippen LogP contribution in [0.4, 0.5) is 5.69 Å². The van der Waals surface area contributed by atoms with Gasteiger partial charge in [0.1, 0.15) is 11.3 Å². The van der Waals surface area contributed by atoms with Gasteiger partial charge in [0.05, 0.1) is 24.8 Å². The fraction of sp³-hybridized carbons (Fsp3) is 0.241. The fourth-order valence-electron chi connectivity index (χ4n) is 4.83. The summed E-state index contributed by atoms with van der Waals surface area (Å²) in [5.74, 6) is -1.55. The summed E-state index contributed by atoms with van der Waals surface area (Å²) in [6, 6.07) is 19.1. The van der Waals surface area contributed by atoms with E-state index in [2.05, 4.69) is 0 Å². The minimum Gasteiger partial charge on any atom is -0.496 e. The van der Waals surface area contributed by atoms with Gasteiger partial charge < -0.3 is 14.4 Å². The highest BCUT2D eigenvalue weighted by Crippen LogP contribution is 2.29. The summed E-state index contributed by atoms with van der Waals surface area (Å²) >= 11 is 0. The molecule has 8 heteroatoms. The number of fused-ring (bicyclic) bond motifs is 2. The van der Waals surface area contributed by atoms with Crippen LogP contribution in [0.25, 0.3) is 0 Å². The van der Waals surface area contributed by atoms with Crippen molar-refractivity contribution < 1.29 is 28.7 Å². The molecule has 0 saturated carbocycles. The molecule has 0 bridgehead atoms. The molecule has 2 aliphatic rings. The quantitative estimate of drug-likeness (QED) is 0.377. The molecule has 0 aliphatic carbocycles. The molecule has 0 fully saturated rings. The molecular formula is C29H26N2O6. The van der Waals surface area contributed by atoms with E-state index in [1.165, 1.54) is 13.2 Å². The van der Waals surface area contributed by atoms with E-state index < -0.39 is 12.1 Å². The van der Waals surface area contributed by atoms with Gasteiger partial charge in [0, 0.05) is 12.2 Å². The largest absolute Gasteiger partial charge is 0.496 e. The van der Waals surface area contributed by atoms with Gasteiger partial charge in [-0.25, -0.2) is 4.79 Å². The number of carbonyl (C=O) groups is 4. The highest BCUT2D eigenvalue weighted by atomic mass is 16.5. The number of nitrogens with zero attached hydrogens (tertiary/aromatic N) is 2. The minimum absolute atomic E-state index is 0.0182. The summed E-state index contributed by atoms with van der Waals surface area (Å²) in [4.78, 5) is 54.7. The smallest absolute Gasteiger partial charge is 0.342 e. The Morgan fingerprint density at radius 1 is 0.946 bits per heavy atom. The van der Waals surface area contributed by atoms with E-state index >= 15 is 0 Å². The van der Waals surface area contributed by atoms with Crippen molar-refractivity contribution in [2.75, 3.05) is 18.6 Å². The van der Waals surface area contributed by atoms with Crippen LogP contribution in [0.1, 0.15) is 55.5 Å². The SMILES string of the molecule is COc1ccc(CN2C(=O)c3ccccc3C2=O)cc1C(=O)O[C@H](C)C(=O)N1CCCc2ccccc21. The maximum Gasteiger partial charge on any atom is 0.342 e. The first-order valence-electron chi connectivity index (χ1n) is 12.1. The van der Waals surface area contributed by atoms with Crippen molar-refractivity contribution >= 4 is 29.4 Å². The highest BCUT2D eigenvalue weighted by molar-refractivity contribution is 6.21. The molecule has 1 atom stereocenters. The molecule has 0 spiro atoms. The molecule has 0 radical (unpaired) electrons. The Bertz CT molecular complexity index is 1380. The summed E-state index contributed by atoms with van der Waals surface area (Å²) in [6.07, 6.45) is 0.700. The van der Waals surface area contributed by atoms with Crippen molar-refractivity contribution in [3.8, 4) is 5.75 Å². The van der Waals surface area contributed by atoms with E-state index in [1.54, 1.807) is 48.2 Å². The lowest BCUT2D eigenvalue weighted by atomic mass is 10.0. The van der Waals surface area contributed by atoms with Crippen LogP contribution in [0.3, 0.4) is 0 Å². The third-order valence-electron chi connectivity index (χ3n) is 6.71. The monoisotopic (exact) mass is 498 g/mol. The molecule has 2 aliphatic heterocycles. The lowest BCUT2D eigenvalue weighted by Crippen LogP contribution is -2.42. The maximum absolute atomic E-state index is 13.2. The average molecular weight is 499 g/mol. The molecule has 0 N–H and O–H groups in total. The van der Waals surface area contributed by atoms with Crippen LogP contribution < -0.4 is 9.64 Å². The van der Waals surface area contributed by atoms with Gasteiger partial charge in [0.15, 0.2) is 6.10 Å². The van der Waals surface area contributed by atoms with Gasteiger partial charge in [-0.1, -0.05) is 36.4 Å². The Balaban J connectivity index is 1.33. The number of ether oxygens (including phenoxy) is 2. The van der Waals surface area contributed by atoms with Crippen LogP contribution in [-0.4, -0.2) is 48.3 Å². The van der Waals surface area contributed by atoms with Crippen molar-refractivity contribution in [1.29, 1.82) is 0 Å². The van der Waals surface area contributed by atoms with Crippen LogP contribution in [0.5, 0.6) is 5.75 Å². The van der Waals surface area contributed by atoms with E-state index in [9.17, 15) is 19.2 Å². The number of para-hydroxylation sites is 1. The second-order valence-corrected chi connectivity index (χ2v) is 9.05. The molecular weight excluding hydrogens is 472 g/mol. The Morgan fingerprint density at radius 2 is 1.62 bits per heavy atom. The number of methoxy groups -OCH3 is 1. The lowest BCUT2D eigenvalue weighted by Gasteiger charge is -2.31. The van der Waals surface area contributed by atoms with Gasteiger partial charge in [-0.2, -0.15) is 0 Å². The topological polar surface area (TPSA) is 93.2 Å². The van der Waals surface area contributed by atoms with Crippen molar-refractivity contribution in [1.82, 2.24) is 4.90 Å². The maximum atomic E-state index is 13.2. The van der Waals surface area contributed by atoms with E-state index in [1.807, 2.05) is 24.3 Å². The molecule has 3 aromatic carbocycles. The predicted molar refractivity (Wildman–Crippen MR) is 136 cm³/mol. The number of hydrogen-bond donors (Lipinski definition) is 0. The third kappa shape index (κ3) is 4.46. The van der Waals surface area contributed by atoms with Crippen LogP contribution in [0, 0.1) is 0 Å². The zero-order valence-corrected chi connectivity index (χ0v) is 20.6. The second kappa shape index (κ2) is 9.89. The van der Waals surface area contributed by atoms with E-state index in [-0.39, 0.29) is 35.6 Å². The molecule has 0 unspecified atom stereocenters. The summed E-state index contributed by atoms with van der Waals surface area (Å²) in [5, 5.41) is 0. The number of anilines is 1. The molecule has 8 nitrogen and oxygen atoms in total. The number of carbonyl (C=O) groups excluding carboxylic acids is 4. The minimum atomic E-state index is -1.02. The predicted octanol–water partition coefficient (Wildman–Crippen LogP) is 4.02. The Morgan fingerprint density at radius 3 is 2.32 bits per heavy atom. The lowest BCUT2D eigenvalue weighted by molar-refractivity contribution is -0.126. The number of hydrogen-bond acceptors (Lipinski definition) is 6. The van der Waals surface area contributed by atoms with Crippen molar-refractivity contribution in [3.63, 3.8) is 0 Å². The molecule has 3 aromatic rings. The number of rotatable bonds is 6. The van der Waals surface area contributed by atoms with Crippen LogP contribution in [0.15, 0.2) is 66.7 Å². The zero-order chi connectivity index (χ0) is 26.1. The first-order valence-corrected chi connectivity index (χ1v) is 12.1. The van der Waals surface area contributed by atoms with Gasteiger partial charge in [-0.15, -0.1) is 0 Å². The van der Waals surface area contributed by atoms with Crippen LogP contribution in [-0.2, 0) is 22.5 Å². The molecule has 3 amide bonds. The van der Waals surface area contributed by atoms with Crippen molar-refractivity contribution in [2.45, 2.75) is 32.4 Å². The molecule has 5 rings (SSSR count). The number of aryl methyl sites for hydroxylation is 1. The van der Waals surface area contributed by atoms with Crippen LogP contribution in [0.2, 0.25) is 0 Å². The van der Waals surface area contributed by atoms with Crippen molar-refractivity contribution in [2.24, 2.45) is 0 Å². The number of benzene rings is 3. The summed E-state index contributed by atoms with van der Waals surface area (Å²) < 4.78 is 10.9. The Kier molecular flexibility index (Phi) is 6.48. The Hall–Kier alpha value is -4.46. The summed E-state index contributed by atoms with van der Waals surface area (Å²) in [5.41, 5.74) is 3.28. The standard InChI is InChI=1S/C29H26N2O6/c1-18(26(32)30-15-7-9-20-8-3-6-12-24(20)30)37-29(35)23-16-19(13-14-25(23)36-2)17-31-27(33)21-10-4-5-11-22(21)28(31)34/h3-6,8,10-14,16,18H,7,9,15,17H2,1-2H3/t18-/m1/s1. The third-order valence-corrected chi connectivity index (χ3v) is 6.71. The van der Waals surface area contributed by atoms with Gasteiger partial charge in [0.2, 0.25) is 0 Å². The normalized spacial score (nSPS) is 15.2. The molecule has 188 valence electrons. The van der Waals surface area contributed by atoms with E-state index in [0.29, 0.717) is 23.2 Å². The zero-order valence-electron chi connectivity index (χ0n) is 20.6. The summed E-state index contributed by atoms with van der Waals surface area (Å²) in [7, 11) is 1.43. The van der Waals surface area contributed by atoms with E-state index in [0.717, 1.165) is 29.0 Å². The Labute approximate surface area is 214 Å².